The van der Waals surface area contributed by atoms with E-state index in [0.29, 0.717) is 11.8 Å². The normalized spacial score (nSPS) is 32.9. The Kier molecular flexibility index (Phi) is 2.76. The zero-order chi connectivity index (χ0) is 8.59. The van der Waals surface area contributed by atoms with Gasteiger partial charge in [-0.2, -0.15) is 0 Å². The second-order valence-corrected chi connectivity index (χ2v) is 5.19. The molecule has 0 aromatic rings. The number of rotatable bonds is 0. The molecule has 0 saturated heterocycles. The third kappa shape index (κ3) is 1.67. The molecule has 2 atom stereocenters. The molecule has 0 aromatic heterocycles. The Bertz CT molecular complexity index is 216. The highest BCUT2D eigenvalue weighted by atomic mass is 32.2. The van der Waals surface area contributed by atoms with Gasteiger partial charge in [0.1, 0.15) is 0 Å². The minimum atomic E-state index is 0.568. The van der Waals surface area contributed by atoms with Gasteiger partial charge in [-0.05, 0) is 24.7 Å². The third-order valence-electron chi connectivity index (χ3n) is 2.61. The van der Waals surface area contributed by atoms with Crippen LogP contribution >= 0.6 is 24.0 Å². The van der Waals surface area contributed by atoms with E-state index in [1.807, 2.05) is 0 Å². The van der Waals surface area contributed by atoms with Gasteiger partial charge in [-0.15, -0.1) is 0 Å². The first kappa shape index (κ1) is 9.27. The monoisotopic (exact) mass is 186 g/mol. The molecule has 0 spiro atoms. The van der Waals surface area contributed by atoms with E-state index in [9.17, 15) is 0 Å². The molecule has 0 radical (unpaired) electrons. The minimum Gasteiger partial charge on any atom is -0.0873 e. The van der Waals surface area contributed by atoms with Crippen LogP contribution in [0.5, 0.6) is 0 Å². The molecule has 1 aliphatic heterocycles. The van der Waals surface area contributed by atoms with E-state index in [4.69, 9.17) is 12.2 Å². The third-order valence-corrected chi connectivity index (χ3v) is 4.44. The lowest BCUT2D eigenvalue weighted by atomic mass is 9.90. The van der Waals surface area contributed by atoms with E-state index in [1.165, 1.54) is 10.5 Å². The zero-order valence-electron chi connectivity index (χ0n) is 7.47. The van der Waals surface area contributed by atoms with Crippen LogP contribution < -0.4 is 0 Å². The van der Waals surface area contributed by atoms with Gasteiger partial charge in [-0.1, -0.05) is 43.4 Å². The van der Waals surface area contributed by atoms with Crippen molar-refractivity contribution >= 4 is 28.2 Å². The molecule has 0 aliphatic carbocycles. The lowest BCUT2D eigenvalue weighted by Crippen LogP contribution is -2.20. The standard InChI is InChI=1S/C9H14S2/c1-5-6(2)8(4)11-9(10)7(5)3/h5,7H,1-4H3. The average Bonchev–Trinajstić information content (AvgIpc) is 1.97. The van der Waals surface area contributed by atoms with Gasteiger partial charge < -0.3 is 0 Å². The van der Waals surface area contributed by atoms with Gasteiger partial charge in [0.05, 0.1) is 4.20 Å². The van der Waals surface area contributed by atoms with Crippen molar-refractivity contribution in [3.05, 3.63) is 10.5 Å². The first-order valence-electron chi connectivity index (χ1n) is 3.93. The summed E-state index contributed by atoms with van der Waals surface area (Å²) in [6, 6.07) is 0. The van der Waals surface area contributed by atoms with Crippen LogP contribution in [0.1, 0.15) is 27.7 Å². The highest BCUT2D eigenvalue weighted by Gasteiger charge is 2.25. The molecule has 0 bridgehead atoms. The maximum Gasteiger partial charge on any atom is 0.0557 e. The fourth-order valence-electron chi connectivity index (χ4n) is 1.22. The summed E-state index contributed by atoms with van der Waals surface area (Å²) in [6.45, 7) is 8.85. The SMILES string of the molecule is CC1=C(C)C(C)C(C)C(=S)S1. The van der Waals surface area contributed by atoms with Crippen LogP contribution in [-0.2, 0) is 0 Å². The fourth-order valence-corrected chi connectivity index (χ4v) is 2.84. The molecule has 1 rings (SSSR count). The smallest absolute Gasteiger partial charge is 0.0557 e. The first-order chi connectivity index (χ1) is 5.04. The van der Waals surface area contributed by atoms with Crippen LogP contribution in [0.4, 0.5) is 0 Å². The number of thioether (sulfide) groups is 1. The predicted molar refractivity (Wildman–Crippen MR) is 56.9 cm³/mol. The number of hydrogen-bond donors (Lipinski definition) is 0. The molecular formula is C9H14S2. The van der Waals surface area contributed by atoms with Crippen molar-refractivity contribution in [2.75, 3.05) is 0 Å². The molecule has 2 heteroatoms. The van der Waals surface area contributed by atoms with Gasteiger partial charge in [0.25, 0.3) is 0 Å². The molecule has 0 N–H and O–H groups in total. The molecule has 0 saturated carbocycles. The molecular weight excluding hydrogens is 172 g/mol. The Labute approximate surface area is 78.4 Å². The summed E-state index contributed by atoms with van der Waals surface area (Å²) in [5.41, 5.74) is 1.51. The topological polar surface area (TPSA) is 0 Å². The molecule has 11 heavy (non-hydrogen) atoms. The Morgan fingerprint density at radius 1 is 1.18 bits per heavy atom. The quantitative estimate of drug-likeness (QED) is 0.530. The summed E-state index contributed by atoms with van der Waals surface area (Å²) in [4.78, 5) is 1.40. The van der Waals surface area contributed by atoms with Crippen molar-refractivity contribution in [3.8, 4) is 0 Å². The van der Waals surface area contributed by atoms with Gasteiger partial charge in [0, 0.05) is 5.92 Å². The Balaban J connectivity index is 2.95. The van der Waals surface area contributed by atoms with Gasteiger partial charge >= 0.3 is 0 Å². The van der Waals surface area contributed by atoms with Crippen LogP contribution in [-0.4, -0.2) is 4.20 Å². The second-order valence-electron chi connectivity index (χ2n) is 3.24. The maximum atomic E-state index is 5.26. The maximum absolute atomic E-state index is 5.26. The lowest BCUT2D eigenvalue weighted by molar-refractivity contribution is 0.564. The van der Waals surface area contributed by atoms with E-state index >= 15 is 0 Å². The summed E-state index contributed by atoms with van der Waals surface area (Å²) in [5.74, 6) is 1.21. The Morgan fingerprint density at radius 3 is 2.27 bits per heavy atom. The summed E-state index contributed by atoms with van der Waals surface area (Å²) in [6.07, 6.45) is 0. The van der Waals surface area contributed by atoms with Gasteiger partial charge in [0.2, 0.25) is 0 Å². The van der Waals surface area contributed by atoms with Crippen molar-refractivity contribution in [3.63, 3.8) is 0 Å². The summed E-state index contributed by atoms with van der Waals surface area (Å²) in [7, 11) is 0. The van der Waals surface area contributed by atoms with Crippen LogP contribution in [0.15, 0.2) is 10.5 Å². The number of hydrogen-bond acceptors (Lipinski definition) is 2. The average molecular weight is 186 g/mol. The highest BCUT2D eigenvalue weighted by molar-refractivity contribution is 8.25. The van der Waals surface area contributed by atoms with E-state index in [2.05, 4.69) is 27.7 Å². The summed E-state index contributed by atoms with van der Waals surface area (Å²) >= 11 is 7.04. The summed E-state index contributed by atoms with van der Waals surface area (Å²) in [5, 5.41) is 0. The van der Waals surface area contributed by atoms with Gasteiger partial charge in [-0.3, -0.25) is 0 Å². The largest absolute Gasteiger partial charge is 0.0873 e. The number of thiocarbonyl (C=S) groups is 1. The first-order valence-corrected chi connectivity index (χ1v) is 5.15. The number of allylic oxidation sites excluding steroid dienone is 2. The van der Waals surface area contributed by atoms with Crippen molar-refractivity contribution < 1.29 is 0 Å². The molecule has 0 nitrogen and oxygen atoms in total. The molecule has 0 amide bonds. The van der Waals surface area contributed by atoms with Crippen LogP contribution in [0.3, 0.4) is 0 Å². The molecule has 1 heterocycles. The molecule has 2 unspecified atom stereocenters. The molecule has 1 aliphatic rings. The minimum absolute atomic E-state index is 0.568. The van der Waals surface area contributed by atoms with E-state index in [0.717, 1.165) is 4.20 Å². The van der Waals surface area contributed by atoms with Gasteiger partial charge in [0.15, 0.2) is 0 Å². The van der Waals surface area contributed by atoms with Crippen LogP contribution in [0.2, 0.25) is 0 Å². The highest BCUT2D eigenvalue weighted by Crippen LogP contribution is 2.38. The van der Waals surface area contributed by atoms with Crippen LogP contribution in [0, 0.1) is 11.8 Å². The lowest BCUT2D eigenvalue weighted by Gasteiger charge is -2.28. The van der Waals surface area contributed by atoms with E-state index in [1.54, 1.807) is 11.8 Å². The molecule has 0 aromatic carbocycles. The van der Waals surface area contributed by atoms with Crippen molar-refractivity contribution in [1.82, 2.24) is 0 Å². The van der Waals surface area contributed by atoms with E-state index < -0.39 is 0 Å². The molecule has 0 fully saturated rings. The predicted octanol–water partition coefficient (Wildman–Crippen LogP) is 3.63. The second kappa shape index (κ2) is 3.28. The van der Waals surface area contributed by atoms with Crippen molar-refractivity contribution in [2.45, 2.75) is 27.7 Å². The Hall–Kier alpha value is 0.180. The van der Waals surface area contributed by atoms with E-state index in [-0.39, 0.29) is 0 Å². The Morgan fingerprint density at radius 2 is 1.73 bits per heavy atom. The summed E-state index contributed by atoms with van der Waals surface area (Å²) < 4.78 is 1.15. The van der Waals surface area contributed by atoms with Gasteiger partial charge in [-0.25, -0.2) is 0 Å². The van der Waals surface area contributed by atoms with Crippen molar-refractivity contribution in [1.29, 1.82) is 0 Å². The fraction of sp³-hybridized carbons (Fsp3) is 0.667. The van der Waals surface area contributed by atoms with Crippen molar-refractivity contribution in [2.24, 2.45) is 11.8 Å². The molecule has 62 valence electrons. The van der Waals surface area contributed by atoms with Crippen LogP contribution in [0.25, 0.3) is 0 Å². The zero-order valence-corrected chi connectivity index (χ0v) is 9.10.